The summed E-state index contributed by atoms with van der Waals surface area (Å²) in [6.07, 6.45) is 0. The van der Waals surface area contributed by atoms with E-state index < -0.39 is 0 Å². The molecule has 0 aliphatic rings. The molecule has 0 aliphatic heterocycles. The fraction of sp³-hybridized carbons (Fsp3) is 0.167. The molecule has 0 radical (unpaired) electrons. The lowest BCUT2D eigenvalue weighted by Crippen LogP contribution is -2.25. The number of rotatable bonds is 2. The highest BCUT2D eigenvalue weighted by molar-refractivity contribution is 5.88. The Bertz CT molecular complexity index is 519. The smallest absolute Gasteiger partial charge is 0.320 e. The summed E-state index contributed by atoms with van der Waals surface area (Å²) < 4.78 is 1.70. The van der Waals surface area contributed by atoms with Gasteiger partial charge < -0.3 is 5.32 Å². The first kappa shape index (κ1) is 11.2. The Hall–Kier alpha value is -2.30. The SMILES string of the molecule is CNC(=O)Nc1cc(C)nn1-c1ccccc1. The molecular weight excluding hydrogens is 216 g/mol. The number of nitrogens with one attached hydrogen (secondary N) is 2. The summed E-state index contributed by atoms with van der Waals surface area (Å²) in [7, 11) is 1.57. The van der Waals surface area contributed by atoms with E-state index in [2.05, 4.69) is 15.7 Å². The average molecular weight is 230 g/mol. The Labute approximate surface area is 99.5 Å². The third kappa shape index (κ3) is 2.44. The van der Waals surface area contributed by atoms with Crippen LogP contribution >= 0.6 is 0 Å². The van der Waals surface area contributed by atoms with Crippen LogP contribution in [0.2, 0.25) is 0 Å². The number of nitrogens with zero attached hydrogens (tertiary/aromatic N) is 2. The topological polar surface area (TPSA) is 59.0 Å². The minimum absolute atomic E-state index is 0.262. The van der Waals surface area contributed by atoms with Crippen molar-refractivity contribution < 1.29 is 4.79 Å². The van der Waals surface area contributed by atoms with Gasteiger partial charge in [0.05, 0.1) is 11.4 Å². The van der Waals surface area contributed by atoms with Crippen molar-refractivity contribution in [2.75, 3.05) is 12.4 Å². The number of urea groups is 1. The van der Waals surface area contributed by atoms with Gasteiger partial charge in [0.25, 0.3) is 0 Å². The van der Waals surface area contributed by atoms with Crippen LogP contribution < -0.4 is 10.6 Å². The molecule has 2 amide bonds. The lowest BCUT2D eigenvalue weighted by Gasteiger charge is -2.07. The number of aromatic nitrogens is 2. The summed E-state index contributed by atoms with van der Waals surface area (Å²) in [6, 6.07) is 11.2. The third-order valence-corrected chi connectivity index (χ3v) is 2.30. The molecule has 1 heterocycles. The molecule has 0 spiro atoms. The van der Waals surface area contributed by atoms with Crippen molar-refractivity contribution in [3.05, 3.63) is 42.1 Å². The molecule has 5 heteroatoms. The molecule has 2 N–H and O–H groups in total. The predicted molar refractivity (Wildman–Crippen MR) is 66.4 cm³/mol. The van der Waals surface area contributed by atoms with Crippen molar-refractivity contribution in [3.63, 3.8) is 0 Å². The molecule has 0 atom stereocenters. The van der Waals surface area contributed by atoms with Crippen molar-refractivity contribution in [2.45, 2.75) is 6.92 Å². The number of para-hydroxylation sites is 1. The van der Waals surface area contributed by atoms with Gasteiger partial charge in [-0.3, -0.25) is 5.32 Å². The van der Waals surface area contributed by atoms with E-state index in [1.165, 1.54) is 0 Å². The molecule has 2 aromatic rings. The normalized spacial score (nSPS) is 10.0. The monoisotopic (exact) mass is 230 g/mol. The fourth-order valence-electron chi connectivity index (χ4n) is 1.53. The van der Waals surface area contributed by atoms with Gasteiger partial charge in [0, 0.05) is 13.1 Å². The lowest BCUT2D eigenvalue weighted by atomic mass is 10.3. The number of hydrogen-bond donors (Lipinski definition) is 2. The standard InChI is InChI=1S/C12H14N4O/c1-9-8-11(14-12(17)13-2)16(15-9)10-6-4-3-5-7-10/h3-8H,1-2H3,(H2,13,14,17). The number of amides is 2. The first-order chi connectivity index (χ1) is 8.20. The maximum Gasteiger partial charge on any atom is 0.320 e. The highest BCUT2D eigenvalue weighted by Gasteiger charge is 2.09. The van der Waals surface area contributed by atoms with Gasteiger partial charge in [-0.1, -0.05) is 18.2 Å². The van der Waals surface area contributed by atoms with Gasteiger partial charge in [0.1, 0.15) is 5.82 Å². The van der Waals surface area contributed by atoms with E-state index in [0.717, 1.165) is 11.4 Å². The number of benzene rings is 1. The molecule has 0 saturated heterocycles. The van der Waals surface area contributed by atoms with Gasteiger partial charge in [-0.2, -0.15) is 5.10 Å². The van der Waals surface area contributed by atoms with Crippen LogP contribution in [0, 0.1) is 6.92 Å². The molecule has 5 nitrogen and oxygen atoms in total. The van der Waals surface area contributed by atoms with E-state index in [1.54, 1.807) is 11.7 Å². The zero-order valence-corrected chi connectivity index (χ0v) is 9.77. The summed E-state index contributed by atoms with van der Waals surface area (Å²) in [5.41, 5.74) is 1.76. The van der Waals surface area contributed by atoms with Crippen molar-refractivity contribution in [3.8, 4) is 5.69 Å². The summed E-state index contributed by atoms with van der Waals surface area (Å²) in [6.45, 7) is 1.88. The molecule has 0 fully saturated rings. The Morgan fingerprint density at radius 2 is 2.00 bits per heavy atom. The number of carbonyl (C=O) groups excluding carboxylic acids is 1. The van der Waals surface area contributed by atoms with Crippen molar-refractivity contribution >= 4 is 11.8 Å². The van der Waals surface area contributed by atoms with E-state index in [0.29, 0.717) is 5.82 Å². The molecule has 0 aliphatic carbocycles. The fourth-order valence-corrected chi connectivity index (χ4v) is 1.53. The summed E-state index contributed by atoms with van der Waals surface area (Å²) >= 11 is 0. The summed E-state index contributed by atoms with van der Waals surface area (Å²) in [5.74, 6) is 0.646. The Morgan fingerprint density at radius 1 is 1.29 bits per heavy atom. The second kappa shape index (κ2) is 4.69. The third-order valence-electron chi connectivity index (χ3n) is 2.30. The van der Waals surface area contributed by atoms with Crippen LogP contribution in [0.3, 0.4) is 0 Å². The quantitative estimate of drug-likeness (QED) is 0.828. The number of aryl methyl sites for hydroxylation is 1. The highest BCUT2D eigenvalue weighted by atomic mass is 16.2. The number of carbonyl (C=O) groups is 1. The van der Waals surface area contributed by atoms with Gasteiger partial charge in [0.2, 0.25) is 0 Å². The minimum atomic E-state index is -0.262. The first-order valence-electron chi connectivity index (χ1n) is 5.31. The van der Waals surface area contributed by atoms with E-state index in [-0.39, 0.29) is 6.03 Å². The Kier molecular flexibility index (Phi) is 3.09. The second-order valence-corrected chi connectivity index (χ2v) is 3.62. The molecular formula is C12H14N4O. The number of hydrogen-bond acceptors (Lipinski definition) is 2. The van der Waals surface area contributed by atoms with Crippen molar-refractivity contribution in [1.29, 1.82) is 0 Å². The van der Waals surface area contributed by atoms with Gasteiger partial charge in [0.15, 0.2) is 0 Å². The van der Waals surface area contributed by atoms with Crippen LogP contribution in [0.25, 0.3) is 5.69 Å². The summed E-state index contributed by atoms with van der Waals surface area (Å²) in [4.78, 5) is 11.3. The van der Waals surface area contributed by atoms with Crippen LogP contribution in [-0.2, 0) is 0 Å². The Balaban J connectivity index is 2.37. The van der Waals surface area contributed by atoms with E-state index >= 15 is 0 Å². The molecule has 1 aromatic heterocycles. The maximum atomic E-state index is 11.3. The molecule has 0 bridgehead atoms. The largest absolute Gasteiger partial charge is 0.341 e. The van der Waals surface area contributed by atoms with Gasteiger partial charge in [-0.05, 0) is 19.1 Å². The van der Waals surface area contributed by atoms with E-state index in [4.69, 9.17) is 0 Å². The summed E-state index contributed by atoms with van der Waals surface area (Å²) in [5, 5.41) is 9.58. The lowest BCUT2D eigenvalue weighted by molar-refractivity contribution is 0.254. The van der Waals surface area contributed by atoms with Gasteiger partial charge >= 0.3 is 6.03 Å². The average Bonchev–Trinajstić information content (AvgIpc) is 2.71. The molecule has 17 heavy (non-hydrogen) atoms. The zero-order chi connectivity index (χ0) is 12.3. The van der Waals surface area contributed by atoms with Crippen LogP contribution in [0.1, 0.15) is 5.69 Å². The zero-order valence-electron chi connectivity index (χ0n) is 9.77. The van der Waals surface area contributed by atoms with Crippen LogP contribution in [0.4, 0.5) is 10.6 Å². The van der Waals surface area contributed by atoms with Crippen molar-refractivity contribution in [2.24, 2.45) is 0 Å². The van der Waals surface area contributed by atoms with Gasteiger partial charge in [-0.15, -0.1) is 0 Å². The van der Waals surface area contributed by atoms with E-state index in [9.17, 15) is 4.79 Å². The van der Waals surface area contributed by atoms with E-state index in [1.807, 2.05) is 43.3 Å². The highest BCUT2D eigenvalue weighted by Crippen LogP contribution is 2.16. The molecule has 88 valence electrons. The second-order valence-electron chi connectivity index (χ2n) is 3.62. The predicted octanol–water partition coefficient (Wildman–Crippen LogP) is 1.93. The van der Waals surface area contributed by atoms with Crippen LogP contribution in [0.5, 0.6) is 0 Å². The maximum absolute atomic E-state index is 11.3. The Morgan fingerprint density at radius 3 is 2.65 bits per heavy atom. The first-order valence-corrected chi connectivity index (χ1v) is 5.31. The molecule has 0 saturated carbocycles. The van der Waals surface area contributed by atoms with Crippen molar-refractivity contribution in [1.82, 2.24) is 15.1 Å². The van der Waals surface area contributed by atoms with Crippen LogP contribution in [-0.4, -0.2) is 22.9 Å². The minimum Gasteiger partial charge on any atom is -0.341 e. The molecule has 0 unspecified atom stereocenters. The number of anilines is 1. The van der Waals surface area contributed by atoms with Crippen LogP contribution in [0.15, 0.2) is 36.4 Å². The molecule has 2 rings (SSSR count). The molecule has 1 aromatic carbocycles. The van der Waals surface area contributed by atoms with Gasteiger partial charge in [-0.25, -0.2) is 9.48 Å².